The molecule has 5 rings (SSSR count). The van der Waals surface area contributed by atoms with E-state index < -0.39 is 17.1 Å². The van der Waals surface area contributed by atoms with Crippen molar-refractivity contribution in [2.75, 3.05) is 10.6 Å². The molecule has 0 spiro atoms. The monoisotopic (exact) mass is 658 g/mol. The molecule has 3 amide bonds. The van der Waals surface area contributed by atoms with Crippen LogP contribution in [0.15, 0.2) is 125 Å². The molecule has 1 heterocycles. The Labute approximate surface area is 272 Å². The van der Waals surface area contributed by atoms with E-state index in [1.807, 2.05) is 42.5 Å². The summed E-state index contributed by atoms with van der Waals surface area (Å²) < 4.78 is 0. The highest BCUT2D eigenvalue weighted by Gasteiger charge is 2.23. The molecule has 0 aliphatic heterocycles. The van der Waals surface area contributed by atoms with E-state index in [-0.39, 0.29) is 11.6 Å². The van der Waals surface area contributed by atoms with Crippen LogP contribution in [-0.2, 0) is 9.59 Å². The molecule has 0 fully saturated rings. The van der Waals surface area contributed by atoms with Crippen molar-refractivity contribution in [2.24, 2.45) is 0 Å². The fourth-order valence-corrected chi connectivity index (χ4v) is 6.11. The third-order valence-electron chi connectivity index (χ3n) is 6.19. The number of nitrogens with one attached hydrogen (secondary N) is 3. The number of hydrogen-bond acceptors (Lipinski definition) is 6. The Bertz CT molecular complexity index is 1760. The predicted molar refractivity (Wildman–Crippen MR) is 179 cm³/mol. The van der Waals surface area contributed by atoms with E-state index in [0.717, 1.165) is 10.5 Å². The lowest BCUT2D eigenvalue weighted by molar-refractivity contribution is -0.116. The summed E-state index contributed by atoms with van der Waals surface area (Å²) >= 11 is 15.4. The number of thioether (sulfide) groups is 1. The van der Waals surface area contributed by atoms with Gasteiger partial charge in [-0.2, -0.15) is 0 Å². The van der Waals surface area contributed by atoms with Gasteiger partial charge in [0, 0.05) is 43.3 Å². The van der Waals surface area contributed by atoms with Crippen molar-refractivity contribution in [2.45, 2.75) is 10.1 Å². The van der Waals surface area contributed by atoms with Gasteiger partial charge in [-0.05, 0) is 60.2 Å². The number of amides is 3. The van der Waals surface area contributed by atoms with Crippen LogP contribution >= 0.6 is 46.3 Å². The lowest BCUT2D eigenvalue weighted by atomic mass is 10.1. The van der Waals surface area contributed by atoms with Gasteiger partial charge in [0.25, 0.3) is 11.8 Å². The van der Waals surface area contributed by atoms with Crippen molar-refractivity contribution in [3.63, 3.8) is 0 Å². The van der Waals surface area contributed by atoms with Crippen LogP contribution < -0.4 is 16.0 Å². The zero-order valence-corrected chi connectivity index (χ0v) is 26.0. The molecule has 3 N–H and O–H groups in total. The largest absolute Gasteiger partial charge is 0.321 e. The van der Waals surface area contributed by atoms with Crippen molar-refractivity contribution in [3.8, 4) is 0 Å². The van der Waals surface area contributed by atoms with Crippen LogP contribution in [-0.4, -0.2) is 22.7 Å². The van der Waals surface area contributed by atoms with Gasteiger partial charge in [0.15, 0.2) is 5.13 Å². The molecule has 0 saturated carbocycles. The number of benzene rings is 4. The first-order valence-electron chi connectivity index (χ1n) is 13.2. The van der Waals surface area contributed by atoms with Crippen molar-refractivity contribution in [3.05, 3.63) is 147 Å². The quantitative estimate of drug-likeness (QED) is 0.103. The summed E-state index contributed by atoms with van der Waals surface area (Å²) in [5.74, 6) is -1.24. The van der Waals surface area contributed by atoms with Crippen molar-refractivity contribution in [1.82, 2.24) is 10.3 Å². The zero-order valence-electron chi connectivity index (χ0n) is 22.9. The van der Waals surface area contributed by atoms with Crippen molar-refractivity contribution in [1.29, 1.82) is 0 Å². The Morgan fingerprint density at radius 3 is 2.09 bits per heavy atom. The van der Waals surface area contributed by atoms with Gasteiger partial charge in [0.05, 0.1) is 0 Å². The second kappa shape index (κ2) is 14.9. The van der Waals surface area contributed by atoms with Gasteiger partial charge >= 0.3 is 0 Å². The molecule has 0 aliphatic carbocycles. The maximum absolute atomic E-state index is 13.5. The maximum Gasteiger partial charge on any atom is 0.272 e. The minimum Gasteiger partial charge on any atom is -0.321 e. The molecule has 5 aromatic rings. The highest BCUT2D eigenvalue weighted by atomic mass is 35.5. The van der Waals surface area contributed by atoms with Crippen LogP contribution in [0, 0.1) is 0 Å². The Kier molecular flexibility index (Phi) is 10.5. The summed E-state index contributed by atoms with van der Waals surface area (Å²) in [6.07, 6.45) is 3.07. The molecule has 1 atom stereocenters. The number of rotatable bonds is 10. The van der Waals surface area contributed by atoms with Gasteiger partial charge in [-0.25, -0.2) is 4.98 Å². The third kappa shape index (κ3) is 8.15. The minimum atomic E-state index is -0.573. The predicted octanol–water partition coefficient (Wildman–Crippen LogP) is 8.33. The first-order chi connectivity index (χ1) is 21.4. The van der Waals surface area contributed by atoms with E-state index in [2.05, 4.69) is 20.9 Å². The molecule has 1 aromatic heterocycles. The molecular weight excluding hydrogens is 635 g/mol. The molecule has 0 aliphatic rings. The van der Waals surface area contributed by atoms with Crippen LogP contribution in [0.3, 0.4) is 0 Å². The van der Waals surface area contributed by atoms with Gasteiger partial charge in [-0.1, -0.05) is 77.8 Å². The summed E-state index contributed by atoms with van der Waals surface area (Å²) in [6, 6.07) is 30.0. The summed E-state index contributed by atoms with van der Waals surface area (Å²) in [5.41, 5.74) is 2.04. The third-order valence-corrected chi connectivity index (χ3v) is 8.80. The highest BCUT2D eigenvalue weighted by Crippen LogP contribution is 2.37. The maximum atomic E-state index is 13.5. The Morgan fingerprint density at radius 1 is 0.795 bits per heavy atom. The number of anilines is 2. The molecule has 220 valence electrons. The van der Waals surface area contributed by atoms with E-state index in [0.29, 0.717) is 32.0 Å². The molecule has 0 bridgehead atoms. The Hall–Kier alpha value is -4.41. The second-order valence-electron chi connectivity index (χ2n) is 9.23. The molecule has 0 saturated heterocycles. The average molecular weight is 660 g/mol. The van der Waals surface area contributed by atoms with E-state index >= 15 is 0 Å². The number of hydrogen-bond donors (Lipinski definition) is 3. The first-order valence-corrected chi connectivity index (χ1v) is 15.7. The number of aromatic nitrogens is 1. The SMILES string of the molecule is O=C(Nc1ccc(SC(C(=O)Nc2nccs2)c2ccccc2)cc1)/C(=C/c1c(Cl)cccc1Cl)NC(=O)c1ccccc1. The fraction of sp³-hybridized carbons (Fsp3) is 0.0303. The number of nitrogens with zero attached hydrogens (tertiary/aromatic N) is 1. The number of carbonyl (C=O) groups is 3. The normalized spacial score (nSPS) is 11.8. The van der Waals surface area contributed by atoms with Crippen LogP contribution in [0.25, 0.3) is 6.08 Å². The topological polar surface area (TPSA) is 100 Å². The van der Waals surface area contributed by atoms with Gasteiger partial charge in [-0.15, -0.1) is 23.1 Å². The van der Waals surface area contributed by atoms with E-state index in [4.69, 9.17) is 23.2 Å². The lowest BCUT2D eigenvalue weighted by Crippen LogP contribution is -2.30. The molecular formula is C33H24Cl2N4O3S2. The number of carbonyl (C=O) groups excluding carboxylic acids is 3. The summed E-state index contributed by atoms with van der Waals surface area (Å²) in [4.78, 5) is 44.6. The average Bonchev–Trinajstić information content (AvgIpc) is 3.55. The van der Waals surface area contributed by atoms with Crippen molar-refractivity contribution >= 4 is 80.9 Å². The molecule has 1 unspecified atom stereocenters. The number of thiazole rings is 1. The summed E-state index contributed by atoms with van der Waals surface area (Å²) in [6.45, 7) is 0. The van der Waals surface area contributed by atoms with E-state index in [1.54, 1.807) is 72.2 Å². The van der Waals surface area contributed by atoms with Crippen LogP contribution in [0.2, 0.25) is 10.0 Å². The highest BCUT2D eigenvalue weighted by molar-refractivity contribution is 8.00. The Morgan fingerprint density at radius 2 is 1.45 bits per heavy atom. The molecule has 7 nitrogen and oxygen atoms in total. The molecule has 11 heteroatoms. The molecule has 0 radical (unpaired) electrons. The Balaban J connectivity index is 1.35. The van der Waals surface area contributed by atoms with E-state index in [1.165, 1.54) is 29.2 Å². The second-order valence-corrected chi connectivity index (χ2v) is 12.1. The molecule has 4 aromatic carbocycles. The molecule has 44 heavy (non-hydrogen) atoms. The zero-order chi connectivity index (χ0) is 30.9. The van der Waals surface area contributed by atoms with Crippen molar-refractivity contribution < 1.29 is 14.4 Å². The van der Waals surface area contributed by atoms with Gasteiger partial charge in [0.2, 0.25) is 5.91 Å². The lowest BCUT2D eigenvalue weighted by Gasteiger charge is -2.17. The van der Waals surface area contributed by atoms with Gasteiger partial charge in [-0.3, -0.25) is 14.4 Å². The van der Waals surface area contributed by atoms with Gasteiger partial charge in [0.1, 0.15) is 10.9 Å². The van der Waals surface area contributed by atoms with Crippen LogP contribution in [0.4, 0.5) is 10.8 Å². The van der Waals surface area contributed by atoms with E-state index in [9.17, 15) is 14.4 Å². The standard InChI is InChI=1S/C33H24Cl2N4O3S2/c34-26-12-7-13-27(35)25(26)20-28(38-30(40)22-10-5-2-6-11-22)31(41)37-23-14-16-24(17-15-23)44-29(21-8-3-1-4-9-21)32(42)39-33-36-18-19-43-33/h1-20,29H,(H,37,41)(H,38,40)(H,36,39,42)/b28-20-. The van der Waals surface area contributed by atoms with Crippen LogP contribution in [0.5, 0.6) is 0 Å². The first kappa shape index (κ1) is 31.0. The summed E-state index contributed by atoms with van der Waals surface area (Å²) in [7, 11) is 0. The number of halogens is 2. The van der Waals surface area contributed by atoms with Crippen LogP contribution in [0.1, 0.15) is 26.7 Å². The van der Waals surface area contributed by atoms with Gasteiger partial charge < -0.3 is 16.0 Å². The smallest absolute Gasteiger partial charge is 0.272 e. The summed E-state index contributed by atoms with van der Waals surface area (Å²) in [5, 5.41) is 10.8. The minimum absolute atomic E-state index is 0.0460. The fourth-order valence-electron chi connectivity index (χ4n) is 4.04.